The van der Waals surface area contributed by atoms with Crippen LogP contribution in [-0.4, -0.2) is 28.0 Å². The van der Waals surface area contributed by atoms with Gasteiger partial charge in [0.2, 0.25) is 0 Å². The van der Waals surface area contributed by atoms with Crippen LogP contribution in [-0.2, 0) is 0 Å². The zero-order valence-corrected chi connectivity index (χ0v) is 11.0. The van der Waals surface area contributed by atoms with Crippen LogP contribution in [0, 0.1) is 0 Å². The molecule has 0 N–H and O–H groups in total. The van der Waals surface area contributed by atoms with Crippen LogP contribution >= 0.6 is 11.6 Å². The first-order valence-electron chi connectivity index (χ1n) is 6.05. The number of rotatable bonds is 2. The molecule has 0 aromatic carbocycles. The SMILES string of the molecule is CC(C)n1ccnc(N2CCC(Cl)CC2)c1=O. The highest BCUT2D eigenvalue weighted by atomic mass is 35.5. The Bertz CT molecular complexity index is 436. The molecule has 1 aromatic heterocycles. The number of nitrogens with zero attached hydrogens (tertiary/aromatic N) is 3. The quantitative estimate of drug-likeness (QED) is 0.759. The fourth-order valence-electron chi connectivity index (χ4n) is 2.10. The van der Waals surface area contributed by atoms with Crippen molar-refractivity contribution in [1.29, 1.82) is 0 Å². The van der Waals surface area contributed by atoms with Crippen molar-refractivity contribution in [2.24, 2.45) is 0 Å². The summed E-state index contributed by atoms with van der Waals surface area (Å²) in [6, 6.07) is 0.162. The molecule has 1 aliphatic rings. The molecule has 1 fully saturated rings. The number of anilines is 1. The predicted molar refractivity (Wildman–Crippen MR) is 70.0 cm³/mol. The standard InChI is InChI=1S/C12H18ClN3O/c1-9(2)16-8-5-14-11(12(16)17)15-6-3-10(13)4-7-15/h5,8-10H,3-4,6-7H2,1-2H3. The van der Waals surface area contributed by atoms with Gasteiger partial charge in [0.1, 0.15) is 0 Å². The molecule has 0 bridgehead atoms. The van der Waals surface area contributed by atoms with Crippen molar-refractivity contribution in [2.75, 3.05) is 18.0 Å². The molecule has 0 radical (unpaired) electrons. The van der Waals surface area contributed by atoms with Gasteiger partial charge in [-0.15, -0.1) is 11.6 Å². The monoisotopic (exact) mass is 255 g/mol. The van der Waals surface area contributed by atoms with Gasteiger partial charge in [-0.05, 0) is 26.7 Å². The van der Waals surface area contributed by atoms with E-state index in [1.165, 1.54) is 0 Å². The maximum absolute atomic E-state index is 12.2. The van der Waals surface area contributed by atoms with Gasteiger partial charge < -0.3 is 9.47 Å². The molecule has 5 heteroatoms. The molecule has 0 spiro atoms. The Hall–Kier alpha value is -1.03. The number of alkyl halides is 1. The van der Waals surface area contributed by atoms with Crippen molar-refractivity contribution in [3.63, 3.8) is 0 Å². The Morgan fingerprint density at radius 1 is 1.41 bits per heavy atom. The first-order valence-corrected chi connectivity index (χ1v) is 6.49. The lowest BCUT2D eigenvalue weighted by molar-refractivity contribution is 0.551. The summed E-state index contributed by atoms with van der Waals surface area (Å²) in [4.78, 5) is 18.5. The molecule has 1 aliphatic heterocycles. The summed E-state index contributed by atoms with van der Waals surface area (Å²) in [6.07, 6.45) is 5.27. The van der Waals surface area contributed by atoms with E-state index < -0.39 is 0 Å². The second-order valence-electron chi connectivity index (χ2n) is 4.72. The van der Waals surface area contributed by atoms with Crippen molar-refractivity contribution in [3.05, 3.63) is 22.7 Å². The normalized spacial score (nSPS) is 17.8. The fraction of sp³-hybridized carbons (Fsp3) is 0.667. The topological polar surface area (TPSA) is 38.1 Å². The fourth-order valence-corrected chi connectivity index (χ4v) is 2.29. The summed E-state index contributed by atoms with van der Waals surface area (Å²) in [5.41, 5.74) is -0.00415. The number of halogens is 1. The molecule has 1 aromatic rings. The molecule has 0 saturated carbocycles. The van der Waals surface area contributed by atoms with Gasteiger partial charge in [-0.3, -0.25) is 4.79 Å². The highest BCUT2D eigenvalue weighted by molar-refractivity contribution is 6.20. The van der Waals surface area contributed by atoms with Crippen LogP contribution in [0.4, 0.5) is 5.82 Å². The molecular formula is C12H18ClN3O. The third-order valence-corrected chi connectivity index (χ3v) is 3.57. The average molecular weight is 256 g/mol. The van der Waals surface area contributed by atoms with Gasteiger partial charge in [-0.2, -0.15) is 0 Å². The third kappa shape index (κ3) is 2.63. The molecular weight excluding hydrogens is 238 g/mol. The van der Waals surface area contributed by atoms with Gasteiger partial charge in [0, 0.05) is 36.9 Å². The summed E-state index contributed by atoms with van der Waals surface area (Å²) >= 11 is 6.06. The molecule has 0 amide bonds. The van der Waals surface area contributed by atoms with Crippen molar-refractivity contribution < 1.29 is 0 Å². The van der Waals surface area contributed by atoms with E-state index in [9.17, 15) is 4.79 Å². The Balaban J connectivity index is 2.27. The minimum atomic E-state index is -0.00415. The van der Waals surface area contributed by atoms with Crippen LogP contribution in [0.3, 0.4) is 0 Å². The molecule has 0 unspecified atom stereocenters. The van der Waals surface area contributed by atoms with Gasteiger partial charge in [0.25, 0.3) is 5.56 Å². The minimum absolute atomic E-state index is 0.00415. The van der Waals surface area contributed by atoms with Crippen molar-refractivity contribution in [3.8, 4) is 0 Å². The van der Waals surface area contributed by atoms with Gasteiger partial charge in [-0.1, -0.05) is 0 Å². The van der Waals surface area contributed by atoms with Gasteiger partial charge >= 0.3 is 0 Å². The van der Waals surface area contributed by atoms with E-state index in [1.807, 2.05) is 18.7 Å². The van der Waals surface area contributed by atoms with Crippen molar-refractivity contribution >= 4 is 17.4 Å². The second kappa shape index (κ2) is 5.08. The van der Waals surface area contributed by atoms with E-state index in [0.717, 1.165) is 25.9 Å². The molecule has 2 rings (SSSR count). The molecule has 94 valence electrons. The first-order chi connectivity index (χ1) is 8.09. The molecule has 1 saturated heterocycles. The number of aromatic nitrogens is 2. The van der Waals surface area contributed by atoms with E-state index in [2.05, 4.69) is 4.98 Å². The van der Waals surface area contributed by atoms with E-state index >= 15 is 0 Å². The lowest BCUT2D eigenvalue weighted by atomic mass is 10.1. The highest BCUT2D eigenvalue weighted by Gasteiger charge is 2.21. The lowest BCUT2D eigenvalue weighted by Crippen LogP contribution is -2.39. The summed E-state index contributed by atoms with van der Waals surface area (Å²) in [5, 5.41) is 0.238. The minimum Gasteiger partial charge on any atom is -0.352 e. The molecule has 0 atom stereocenters. The Kier molecular flexibility index (Phi) is 3.72. The molecule has 2 heterocycles. The average Bonchev–Trinajstić information content (AvgIpc) is 2.30. The van der Waals surface area contributed by atoms with E-state index in [1.54, 1.807) is 17.0 Å². The van der Waals surface area contributed by atoms with Crippen LogP contribution in [0.25, 0.3) is 0 Å². The second-order valence-corrected chi connectivity index (χ2v) is 5.34. The number of hydrogen-bond acceptors (Lipinski definition) is 3. The zero-order chi connectivity index (χ0) is 12.4. The van der Waals surface area contributed by atoms with Gasteiger partial charge in [-0.25, -0.2) is 4.98 Å². The predicted octanol–water partition coefficient (Wildman–Crippen LogP) is 2.03. The van der Waals surface area contributed by atoms with E-state index in [4.69, 9.17) is 11.6 Å². The third-order valence-electron chi connectivity index (χ3n) is 3.13. The molecule has 4 nitrogen and oxygen atoms in total. The van der Waals surface area contributed by atoms with E-state index in [-0.39, 0.29) is 17.0 Å². The van der Waals surface area contributed by atoms with Gasteiger partial charge in [0.15, 0.2) is 5.82 Å². The van der Waals surface area contributed by atoms with Crippen LogP contribution in [0.1, 0.15) is 32.7 Å². The van der Waals surface area contributed by atoms with Crippen molar-refractivity contribution in [2.45, 2.75) is 38.1 Å². The summed E-state index contributed by atoms with van der Waals surface area (Å²) < 4.78 is 1.72. The lowest BCUT2D eigenvalue weighted by Gasteiger charge is -2.30. The Morgan fingerprint density at radius 3 is 2.65 bits per heavy atom. The largest absolute Gasteiger partial charge is 0.352 e. The number of piperidine rings is 1. The van der Waals surface area contributed by atoms with Crippen molar-refractivity contribution in [1.82, 2.24) is 9.55 Å². The van der Waals surface area contributed by atoms with Crippen LogP contribution in [0.5, 0.6) is 0 Å². The smallest absolute Gasteiger partial charge is 0.293 e. The number of hydrogen-bond donors (Lipinski definition) is 0. The van der Waals surface area contributed by atoms with Crippen LogP contribution in [0.2, 0.25) is 0 Å². The van der Waals surface area contributed by atoms with Crippen LogP contribution in [0.15, 0.2) is 17.2 Å². The highest BCUT2D eigenvalue weighted by Crippen LogP contribution is 2.18. The summed E-state index contributed by atoms with van der Waals surface area (Å²) in [5.74, 6) is 0.560. The summed E-state index contributed by atoms with van der Waals surface area (Å²) in [6.45, 7) is 5.63. The van der Waals surface area contributed by atoms with Crippen LogP contribution < -0.4 is 10.5 Å². The Labute approximate surface area is 106 Å². The zero-order valence-electron chi connectivity index (χ0n) is 10.3. The maximum Gasteiger partial charge on any atom is 0.293 e. The molecule has 0 aliphatic carbocycles. The summed E-state index contributed by atoms with van der Waals surface area (Å²) in [7, 11) is 0. The maximum atomic E-state index is 12.2. The first kappa shape index (κ1) is 12.4. The van der Waals surface area contributed by atoms with E-state index in [0.29, 0.717) is 5.82 Å². The molecule has 17 heavy (non-hydrogen) atoms. The van der Waals surface area contributed by atoms with Gasteiger partial charge in [0.05, 0.1) is 0 Å². The Morgan fingerprint density at radius 2 is 2.06 bits per heavy atom.